The molecule has 5 heteroatoms. The van der Waals surface area contributed by atoms with Crippen LogP contribution in [0.4, 0.5) is 0 Å². The first kappa shape index (κ1) is 12.6. The Morgan fingerprint density at radius 2 is 2.00 bits per heavy atom. The van der Waals surface area contributed by atoms with Crippen LogP contribution in [0.3, 0.4) is 0 Å². The maximum Gasteiger partial charge on any atom is 0.104 e. The van der Waals surface area contributed by atoms with Crippen molar-refractivity contribution in [1.29, 1.82) is 0 Å². The molecule has 0 aliphatic carbocycles. The van der Waals surface area contributed by atoms with Gasteiger partial charge in [0.15, 0.2) is 0 Å². The molecule has 1 unspecified atom stereocenters. The van der Waals surface area contributed by atoms with Crippen molar-refractivity contribution in [3.63, 3.8) is 0 Å². The van der Waals surface area contributed by atoms with E-state index in [0.717, 1.165) is 13.1 Å². The molecule has 0 saturated heterocycles. The zero-order chi connectivity index (χ0) is 10.9. The minimum absolute atomic E-state index is 0.215. The van der Waals surface area contributed by atoms with Crippen LogP contribution < -0.4 is 5.73 Å². The predicted molar refractivity (Wildman–Crippen MR) is 67.5 cm³/mol. The largest absolute Gasteiger partial charge is 0.386 e. The summed E-state index contributed by atoms with van der Waals surface area (Å²) >= 11 is 8.28. The highest BCUT2D eigenvalue weighted by atomic mass is 79.9. The Hall–Kier alpha value is 0.580. The lowest BCUT2D eigenvalue weighted by Gasteiger charge is -2.20. The van der Waals surface area contributed by atoms with Crippen LogP contribution in [0, 0.1) is 5.92 Å². The summed E-state index contributed by atoms with van der Waals surface area (Å²) in [6, 6.07) is 1.69. The highest BCUT2D eigenvalue weighted by Gasteiger charge is 2.22. The number of rotatable bonds is 3. The molecule has 0 aromatic carbocycles. The molecule has 0 fully saturated rings. The van der Waals surface area contributed by atoms with Crippen molar-refractivity contribution in [2.75, 3.05) is 0 Å². The molecular formula is C9H13Br2NOS. The first-order valence-electron chi connectivity index (χ1n) is 4.32. The molecule has 0 aliphatic heterocycles. The normalized spacial score (nSPS) is 15.9. The highest BCUT2D eigenvalue weighted by molar-refractivity contribution is 9.13. The average molecular weight is 343 g/mol. The topological polar surface area (TPSA) is 46.2 Å². The van der Waals surface area contributed by atoms with Gasteiger partial charge in [-0.1, -0.05) is 13.8 Å². The summed E-state index contributed by atoms with van der Waals surface area (Å²) in [5, 5.41) is 9.94. The lowest BCUT2D eigenvalue weighted by molar-refractivity contribution is 0.129. The van der Waals surface area contributed by atoms with Gasteiger partial charge in [-0.25, -0.2) is 0 Å². The third kappa shape index (κ3) is 2.79. The Morgan fingerprint density at radius 1 is 1.43 bits per heavy atom. The summed E-state index contributed by atoms with van der Waals surface area (Å²) in [7, 11) is 0. The molecule has 1 heterocycles. The molecule has 0 bridgehead atoms. The molecular weight excluding hydrogens is 330 g/mol. The SMILES string of the molecule is CC(C)C(N)[C@H](O)c1cc(Br)c(Br)s1. The Morgan fingerprint density at radius 3 is 2.36 bits per heavy atom. The average Bonchev–Trinajstić information content (AvgIpc) is 2.44. The van der Waals surface area contributed by atoms with Gasteiger partial charge in [-0.2, -0.15) is 0 Å². The van der Waals surface area contributed by atoms with Crippen molar-refractivity contribution in [2.45, 2.75) is 26.0 Å². The van der Waals surface area contributed by atoms with E-state index < -0.39 is 6.10 Å². The molecule has 1 aromatic heterocycles. The van der Waals surface area contributed by atoms with Gasteiger partial charge in [0.1, 0.15) is 6.10 Å². The van der Waals surface area contributed by atoms with Crippen molar-refractivity contribution >= 4 is 43.2 Å². The number of halogens is 2. The van der Waals surface area contributed by atoms with E-state index in [0.29, 0.717) is 0 Å². The van der Waals surface area contributed by atoms with Gasteiger partial charge in [0.2, 0.25) is 0 Å². The van der Waals surface area contributed by atoms with Crippen LogP contribution in [-0.4, -0.2) is 11.1 Å². The molecule has 1 aromatic rings. The third-order valence-electron chi connectivity index (χ3n) is 2.09. The van der Waals surface area contributed by atoms with Crippen molar-refractivity contribution < 1.29 is 5.11 Å². The van der Waals surface area contributed by atoms with Gasteiger partial charge < -0.3 is 10.8 Å². The molecule has 80 valence electrons. The quantitative estimate of drug-likeness (QED) is 0.885. The second-order valence-electron chi connectivity index (χ2n) is 3.54. The van der Waals surface area contributed by atoms with Crippen LogP contribution in [0.2, 0.25) is 0 Å². The summed E-state index contributed by atoms with van der Waals surface area (Å²) in [6.45, 7) is 4.01. The number of hydrogen-bond acceptors (Lipinski definition) is 3. The first-order chi connectivity index (χ1) is 6.43. The number of aliphatic hydroxyl groups is 1. The van der Waals surface area contributed by atoms with E-state index in [1.807, 2.05) is 19.9 Å². The molecule has 0 radical (unpaired) electrons. The lowest BCUT2D eigenvalue weighted by atomic mass is 9.99. The van der Waals surface area contributed by atoms with Gasteiger partial charge in [-0.05, 0) is 43.8 Å². The van der Waals surface area contributed by atoms with E-state index in [2.05, 4.69) is 31.9 Å². The number of hydrogen-bond donors (Lipinski definition) is 2. The van der Waals surface area contributed by atoms with E-state index in [1.165, 1.54) is 11.3 Å². The van der Waals surface area contributed by atoms with Gasteiger partial charge in [-0.15, -0.1) is 11.3 Å². The maximum atomic E-state index is 9.94. The molecule has 3 N–H and O–H groups in total. The van der Waals surface area contributed by atoms with E-state index in [9.17, 15) is 5.11 Å². The summed E-state index contributed by atoms with van der Waals surface area (Å²) < 4.78 is 1.95. The monoisotopic (exact) mass is 341 g/mol. The minimum atomic E-state index is -0.581. The van der Waals surface area contributed by atoms with Crippen LogP contribution in [0.15, 0.2) is 14.3 Å². The number of aliphatic hydroxyl groups excluding tert-OH is 1. The van der Waals surface area contributed by atoms with Gasteiger partial charge in [-0.3, -0.25) is 0 Å². The molecule has 1 rings (SSSR count). The Kier molecular flexibility index (Phi) is 4.58. The smallest absolute Gasteiger partial charge is 0.104 e. The summed E-state index contributed by atoms with van der Waals surface area (Å²) in [5.74, 6) is 0.268. The third-order valence-corrected chi connectivity index (χ3v) is 5.42. The Bertz CT molecular complexity index is 294. The minimum Gasteiger partial charge on any atom is -0.386 e. The van der Waals surface area contributed by atoms with E-state index in [-0.39, 0.29) is 12.0 Å². The van der Waals surface area contributed by atoms with E-state index in [4.69, 9.17) is 5.73 Å². The van der Waals surface area contributed by atoms with Crippen LogP contribution in [0.25, 0.3) is 0 Å². The van der Waals surface area contributed by atoms with Crippen molar-refractivity contribution in [1.82, 2.24) is 0 Å². The standard InChI is InChI=1S/C9H13Br2NOS/c1-4(2)7(12)8(13)6-3-5(10)9(11)14-6/h3-4,7-8,13H,12H2,1-2H3/t7?,8-/m1/s1. The predicted octanol–water partition coefficient (Wildman–Crippen LogP) is 3.29. The van der Waals surface area contributed by atoms with Crippen molar-refractivity contribution in [3.05, 3.63) is 19.2 Å². The summed E-state index contributed by atoms with van der Waals surface area (Å²) in [5.41, 5.74) is 5.88. The maximum absolute atomic E-state index is 9.94. The fourth-order valence-corrected chi connectivity index (χ4v) is 3.20. The second-order valence-corrected chi connectivity index (χ2v) is 6.79. The Balaban J connectivity index is 2.83. The van der Waals surface area contributed by atoms with Gasteiger partial charge in [0, 0.05) is 15.4 Å². The van der Waals surface area contributed by atoms with E-state index in [1.54, 1.807) is 0 Å². The van der Waals surface area contributed by atoms with Crippen LogP contribution >= 0.6 is 43.2 Å². The van der Waals surface area contributed by atoms with Crippen LogP contribution in [0.5, 0.6) is 0 Å². The second kappa shape index (κ2) is 5.07. The van der Waals surface area contributed by atoms with Crippen molar-refractivity contribution in [3.8, 4) is 0 Å². The number of thiophene rings is 1. The van der Waals surface area contributed by atoms with Crippen molar-refractivity contribution in [2.24, 2.45) is 11.7 Å². The zero-order valence-corrected chi connectivity index (χ0v) is 12.0. The van der Waals surface area contributed by atoms with E-state index >= 15 is 0 Å². The molecule has 2 atom stereocenters. The fourth-order valence-electron chi connectivity index (χ4n) is 1.06. The zero-order valence-electron chi connectivity index (χ0n) is 8.00. The highest BCUT2D eigenvalue weighted by Crippen LogP contribution is 2.36. The van der Waals surface area contributed by atoms with Gasteiger partial charge in [0.05, 0.1) is 3.79 Å². The molecule has 0 saturated carbocycles. The Labute approximate surface area is 105 Å². The molecule has 0 aliphatic rings. The molecule has 0 spiro atoms. The lowest BCUT2D eigenvalue weighted by Crippen LogP contribution is -2.33. The number of nitrogens with two attached hydrogens (primary N) is 1. The molecule has 0 amide bonds. The molecule has 2 nitrogen and oxygen atoms in total. The van der Waals surface area contributed by atoms with Crippen LogP contribution in [0.1, 0.15) is 24.8 Å². The molecule has 14 heavy (non-hydrogen) atoms. The van der Waals surface area contributed by atoms with Crippen LogP contribution in [-0.2, 0) is 0 Å². The first-order valence-corrected chi connectivity index (χ1v) is 6.72. The summed E-state index contributed by atoms with van der Waals surface area (Å²) in [6.07, 6.45) is -0.581. The van der Waals surface area contributed by atoms with Gasteiger partial charge in [0.25, 0.3) is 0 Å². The fraction of sp³-hybridized carbons (Fsp3) is 0.556. The summed E-state index contributed by atoms with van der Waals surface area (Å²) in [4.78, 5) is 0.893. The van der Waals surface area contributed by atoms with Gasteiger partial charge >= 0.3 is 0 Å².